The molecule has 0 aliphatic heterocycles. The molecule has 0 bridgehead atoms. The van der Waals surface area contributed by atoms with Gasteiger partial charge in [-0.15, -0.1) is 0 Å². The van der Waals surface area contributed by atoms with Crippen LogP contribution in [0.1, 0.15) is 0 Å². The van der Waals surface area contributed by atoms with Crippen LogP contribution in [0.4, 0.5) is 0 Å². The van der Waals surface area contributed by atoms with E-state index in [0.29, 0.717) is 21.4 Å². The van der Waals surface area contributed by atoms with Crippen molar-refractivity contribution in [2.45, 2.75) is 0 Å². The van der Waals surface area contributed by atoms with Crippen LogP contribution < -0.4 is 5.69 Å². The molecule has 0 fully saturated rings. The standard InChI is InChI=1S/C8H5Cl2N3O/c9-5-2-1-4(3-6(5)10)7-11-8(14)13-12-7/h1-3H,(H2,11,12,13,14). The third kappa shape index (κ3) is 1.66. The molecule has 0 spiro atoms. The normalized spacial score (nSPS) is 10.4. The molecular formula is C8H5Cl2N3O. The zero-order chi connectivity index (χ0) is 10.1. The largest absolute Gasteiger partial charge is 0.340 e. The van der Waals surface area contributed by atoms with Gasteiger partial charge in [0.25, 0.3) is 0 Å². The van der Waals surface area contributed by atoms with Gasteiger partial charge < -0.3 is 0 Å². The van der Waals surface area contributed by atoms with Crippen LogP contribution in [-0.2, 0) is 0 Å². The van der Waals surface area contributed by atoms with Crippen molar-refractivity contribution in [2.24, 2.45) is 0 Å². The summed E-state index contributed by atoms with van der Waals surface area (Å²) in [4.78, 5) is 13.3. The Morgan fingerprint density at radius 3 is 2.57 bits per heavy atom. The zero-order valence-electron chi connectivity index (χ0n) is 6.84. The summed E-state index contributed by atoms with van der Waals surface area (Å²) in [5.41, 5.74) is 0.351. The van der Waals surface area contributed by atoms with Crippen LogP contribution >= 0.6 is 23.2 Å². The molecular weight excluding hydrogens is 225 g/mol. The molecule has 0 radical (unpaired) electrons. The summed E-state index contributed by atoms with van der Waals surface area (Å²) >= 11 is 11.5. The van der Waals surface area contributed by atoms with E-state index >= 15 is 0 Å². The average Bonchev–Trinajstić information content (AvgIpc) is 2.57. The fourth-order valence-electron chi connectivity index (χ4n) is 1.05. The summed E-state index contributed by atoms with van der Waals surface area (Å²) < 4.78 is 0. The maximum atomic E-state index is 10.8. The molecule has 1 aromatic heterocycles. The first kappa shape index (κ1) is 9.30. The minimum atomic E-state index is -0.355. The maximum absolute atomic E-state index is 10.8. The lowest BCUT2D eigenvalue weighted by molar-refractivity contribution is 1.05. The maximum Gasteiger partial charge on any atom is 0.340 e. The summed E-state index contributed by atoms with van der Waals surface area (Å²) in [6, 6.07) is 5.00. The van der Waals surface area contributed by atoms with Gasteiger partial charge in [-0.2, -0.15) is 5.10 Å². The van der Waals surface area contributed by atoms with Gasteiger partial charge in [0, 0.05) is 5.56 Å². The van der Waals surface area contributed by atoms with Gasteiger partial charge in [-0.1, -0.05) is 23.2 Å². The fourth-order valence-corrected chi connectivity index (χ4v) is 1.35. The summed E-state index contributed by atoms with van der Waals surface area (Å²) in [5.74, 6) is 0.438. The number of halogens is 2. The molecule has 0 atom stereocenters. The number of benzene rings is 1. The highest BCUT2D eigenvalue weighted by Gasteiger charge is 2.04. The molecule has 0 saturated carbocycles. The number of H-pyrrole nitrogens is 2. The van der Waals surface area contributed by atoms with E-state index in [2.05, 4.69) is 15.2 Å². The molecule has 4 nitrogen and oxygen atoms in total. The zero-order valence-corrected chi connectivity index (χ0v) is 8.36. The lowest BCUT2D eigenvalue weighted by atomic mass is 10.2. The number of aromatic amines is 2. The molecule has 14 heavy (non-hydrogen) atoms. The highest BCUT2D eigenvalue weighted by molar-refractivity contribution is 6.42. The molecule has 0 unspecified atom stereocenters. The summed E-state index contributed by atoms with van der Waals surface area (Å²) in [6.45, 7) is 0. The first-order valence-electron chi connectivity index (χ1n) is 3.77. The van der Waals surface area contributed by atoms with Crippen molar-refractivity contribution in [3.63, 3.8) is 0 Å². The number of aromatic nitrogens is 3. The predicted octanol–water partition coefficient (Wildman–Crippen LogP) is 2.07. The minimum Gasteiger partial charge on any atom is -0.289 e. The second-order valence-electron chi connectivity index (χ2n) is 2.66. The van der Waals surface area contributed by atoms with Crippen LogP contribution in [0.25, 0.3) is 11.4 Å². The third-order valence-corrected chi connectivity index (χ3v) is 2.43. The van der Waals surface area contributed by atoms with Crippen LogP contribution in [0, 0.1) is 0 Å². The van der Waals surface area contributed by atoms with Crippen molar-refractivity contribution in [2.75, 3.05) is 0 Å². The SMILES string of the molecule is O=c1[nH]nc(-c2ccc(Cl)c(Cl)c2)[nH]1. The average molecular weight is 230 g/mol. The molecule has 0 saturated heterocycles. The number of nitrogens with one attached hydrogen (secondary N) is 2. The second-order valence-corrected chi connectivity index (χ2v) is 3.47. The van der Waals surface area contributed by atoms with Crippen LogP contribution in [-0.4, -0.2) is 15.2 Å². The second kappa shape index (κ2) is 3.48. The van der Waals surface area contributed by atoms with Gasteiger partial charge in [-0.05, 0) is 18.2 Å². The Balaban J connectivity index is 2.52. The summed E-state index contributed by atoms with van der Waals surface area (Å²) in [5, 5.41) is 6.92. The van der Waals surface area contributed by atoms with E-state index in [1.807, 2.05) is 0 Å². The molecule has 2 aromatic rings. The Morgan fingerprint density at radius 2 is 2.00 bits per heavy atom. The molecule has 1 aromatic carbocycles. The number of nitrogens with zero attached hydrogens (tertiary/aromatic N) is 1. The molecule has 0 aliphatic carbocycles. The lowest BCUT2D eigenvalue weighted by Crippen LogP contribution is -2.00. The van der Waals surface area contributed by atoms with Crippen LogP contribution in [0.5, 0.6) is 0 Å². The Labute approximate surface area is 88.9 Å². The first-order valence-corrected chi connectivity index (χ1v) is 4.52. The van der Waals surface area contributed by atoms with E-state index in [4.69, 9.17) is 23.2 Å². The fraction of sp³-hybridized carbons (Fsp3) is 0. The monoisotopic (exact) mass is 229 g/mol. The molecule has 72 valence electrons. The number of hydrogen-bond acceptors (Lipinski definition) is 2. The van der Waals surface area contributed by atoms with E-state index in [0.717, 1.165) is 0 Å². The van der Waals surface area contributed by atoms with Crippen LogP contribution in [0.2, 0.25) is 10.0 Å². The van der Waals surface area contributed by atoms with E-state index in [9.17, 15) is 4.79 Å². The van der Waals surface area contributed by atoms with E-state index < -0.39 is 0 Å². The van der Waals surface area contributed by atoms with E-state index in [-0.39, 0.29) is 5.69 Å². The van der Waals surface area contributed by atoms with Gasteiger partial charge in [0.15, 0.2) is 5.82 Å². The molecule has 6 heteroatoms. The highest BCUT2D eigenvalue weighted by atomic mass is 35.5. The van der Waals surface area contributed by atoms with Crippen LogP contribution in [0.15, 0.2) is 23.0 Å². The van der Waals surface area contributed by atoms with E-state index in [1.165, 1.54) is 0 Å². The molecule has 2 N–H and O–H groups in total. The van der Waals surface area contributed by atoms with Crippen molar-refractivity contribution in [1.29, 1.82) is 0 Å². The third-order valence-electron chi connectivity index (χ3n) is 1.69. The summed E-state index contributed by atoms with van der Waals surface area (Å²) in [7, 11) is 0. The highest BCUT2D eigenvalue weighted by Crippen LogP contribution is 2.25. The Hall–Kier alpha value is -1.26. The number of hydrogen-bond donors (Lipinski definition) is 2. The molecule has 1 heterocycles. The molecule has 0 amide bonds. The quantitative estimate of drug-likeness (QED) is 0.787. The molecule has 0 aliphatic rings. The van der Waals surface area contributed by atoms with Crippen molar-refractivity contribution in [3.8, 4) is 11.4 Å². The number of rotatable bonds is 1. The van der Waals surface area contributed by atoms with E-state index in [1.54, 1.807) is 18.2 Å². The van der Waals surface area contributed by atoms with Gasteiger partial charge in [-0.25, -0.2) is 9.89 Å². The van der Waals surface area contributed by atoms with Gasteiger partial charge in [0.2, 0.25) is 0 Å². The van der Waals surface area contributed by atoms with Crippen molar-refractivity contribution in [1.82, 2.24) is 15.2 Å². The molecule has 2 rings (SSSR count). The predicted molar refractivity (Wildman–Crippen MR) is 54.7 cm³/mol. The van der Waals surface area contributed by atoms with Gasteiger partial charge in [0.05, 0.1) is 10.0 Å². The van der Waals surface area contributed by atoms with Crippen molar-refractivity contribution >= 4 is 23.2 Å². The lowest BCUT2D eigenvalue weighted by Gasteiger charge is -1.98. The minimum absolute atomic E-state index is 0.355. The first-order chi connectivity index (χ1) is 6.66. The van der Waals surface area contributed by atoms with Gasteiger partial charge in [-0.3, -0.25) is 4.98 Å². The van der Waals surface area contributed by atoms with Crippen molar-refractivity contribution in [3.05, 3.63) is 38.7 Å². The Morgan fingerprint density at radius 1 is 1.21 bits per heavy atom. The Bertz CT molecular complexity index is 517. The summed E-state index contributed by atoms with van der Waals surface area (Å²) in [6.07, 6.45) is 0. The Kier molecular flexibility index (Phi) is 2.31. The topological polar surface area (TPSA) is 61.5 Å². The van der Waals surface area contributed by atoms with Gasteiger partial charge >= 0.3 is 5.69 Å². The van der Waals surface area contributed by atoms with Gasteiger partial charge in [0.1, 0.15) is 0 Å². The van der Waals surface area contributed by atoms with Crippen LogP contribution in [0.3, 0.4) is 0 Å². The van der Waals surface area contributed by atoms with Crippen molar-refractivity contribution < 1.29 is 0 Å². The smallest absolute Gasteiger partial charge is 0.289 e.